The monoisotopic (exact) mass is 328 g/mol. The molecule has 0 aliphatic heterocycles. The second-order valence-electron chi connectivity index (χ2n) is 4.48. The topological polar surface area (TPSA) is 0 Å². The van der Waals surface area contributed by atoms with E-state index in [1.807, 2.05) is 0 Å². The van der Waals surface area contributed by atoms with Crippen molar-refractivity contribution in [3.05, 3.63) is 28.7 Å². The minimum absolute atomic E-state index is 0.747. The van der Waals surface area contributed by atoms with Crippen LogP contribution in [0.2, 0.25) is 0 Å². The Kier molecular flexibility index (Phi) is 7.06. The number of rotatable bonds is 1. The molecular formula is C13H19Cl3Ti. The molecule has 0 aromatic carbocycles. The van der Waals surface area contributed by atoms with Crippen LogP contribution in [0.5, 0.6) is 0 Å². The summed E-state index contributed by atoms with van der Waals surface area (Å²) in [4.78, 5) is 0. The summed E-state index contributed by atoms with van der Waals surface area (Å²) in [6.07, 6.45) is 7.68. The van der Waals surface area contributed by atoms with E-state index in [1.54, 1.807) is 22.3 Å². The van der Waals surface area contributed by atoms with E-state index >= 15 is 0 Å². The van der Waals surface area contributed by atoms with Gasteiger partial charge in [-0.3, -0.25) is 0 Å². The standard InChI is InChI=1S/C13H19.3ClH.Ti/c1-4-11-9(2)12-7-5-6-8-13(12)10(11)3;;;;/h7,10H,4-6,8H2,1-3H3;3*1H;/q-1;;;;+4/p-3. The Morgan fingerprint density at radius 2 is 1.94 bits per heavy atom. The Morgan fingerprint density at radius 3 is 2.41 bits per heavy atom. The molecule has 0 bridgehead atoms. The fourth-order valence-corrected chi connectivity index (χ4v) is 2.93. The van der Waals surface area contributed by atoms with Crippen LogP contribution in [0, 0.1) is 12.3 Å². The number of hydrogen-bond acceptors (Lipinski definition) is 0. The first-order valence-electron chi connectivity index (χ1n) is 6.08. The van der Waals surface area contributed by atoms with Gasteiger partial charge in [0.2, 0.25) is 0 Å². The molecule has 17 heavy (non-hydrogen) atoms. The average Bonchev–Trinajstić information content (AvgIpc) is 2.52. The molecule has 2 aliphatic rings. The summed E-state index contributed by atoms with van der Waals surface area (Å²) >= 11 is -1.92. The molecule has 0 radical (unpaired) electrons. The van der Waals surface area contributed by atoms with Gasteiger partial charge in [-0.05, 0) is 6.42 Å². The molecule has 0 aromatic rings. The van der Waals surface area contributed by atoms with Crippen molar-refractivity contribution in [3.8, 4) is 0 Å². The third-order valence-corrected chi connectivity index (χ3v) is 3.66. The van der Waals surface area contributed by atoms with E-state index in [4.69, 9.17) is 27.9 Å². The number of halogens is 3. The van der Waals surface area contributed by atoms with Crippen LogP contribution in [0.15, 0.2) is 22.3 Å². The van der Waals surface area contributed by atoms with Crippen molar-refractivity contribution >= 4 is 27.9 Å². The molecule has 0 saturated heterocycles. The zero-order valence-corrected chi connectivity index (χ0v) is 14.4. The summed E-state index contributed by atoms with van der Waals surface area (Å²) in [5.41, 5.74) is 6.60. The van der Waals surface area contributed by atoms with Gasteiger partial charge in [0.1, 0.15) is 0 Å². The van der Waals surface area contributed by atoms with Gasteiger partial charge in [0.15, 0.2) is 0 Å². The Balaban J connectivity index is 0.000000317. The molecule has 0 saturated carbocycles. The molecule has 0 nitrogen and oxygen atoms in total. The molecule has 0 N–H and O–H groups in total. The first-order valence-corrected chi connectivity index (χ1v) is 12.5. The van der Waals surface area contributed by atoms with Crippen molar-refractivity contribution in [2.75, 3.05) is 0 Å². The molecule has 0 spiro atoms. The average molecular weight is 330 g/mol. The molecule has 2 aliphatic carbocycles. The quantitative estimate of drug-likeness (QED) is 0.402. The molecule has 0 fully saturated rings. The Hall–Kier alpha value is 0.934. The van der Waals surface area contributed by atoms with Gasteiger partial charge in [0.25, 0.3) is 0 Å². The maximum absolute atomic E-state index is 4.97. The third kappa shape index (κ3) is 4.22. The molecule has 1 atom stereocenters. The van der Waals surface area contributed by atoms with Gasteiger partial charge in [0, 0.05) is 0 Å². The molecule has 0 amide bonds. The van der Waals surface area contributed by atoms with E-state index in [9.17, 15) is 0 Å². The fraction of sp³-hybridized carbons (Fsp3) is 0.615. The van der Waals surface area contributed by atoms with E-state index in [0.717, 1.165) is 5.92 Å². The molecule has 4 heteroatoms. The molecule has 0 heterocycles. The number of allylic oxidation sites excluding steroid dienone is 4. The Morgan fingerprint density at radius 1 is 1.35 bits per heavy atom. The van der Waals surface area contributed by atoms with Crippen molar-refractivity contribution in [1.29, 1.82) is 0 Å². The minimum atomic E-state index is -1.92. The second-order valence-corrected chi connectivity index (χ2v) is 12.2. The van der Waals surface area contributed by atoms with Crippen LogP contribution in [0.4, 0.5) is 0 Å². The summed E-state index contributed by atoms with van der Waals surface area (Å²) in [7, 11) is 14.9. The van der Waals surface area contributed by atoms with Crippen molar-refractivity contribution in [3.63, 3.8) is 0 Å². The first kappa shape index (κ1) is 16.0. The zero-order chi connectivity index (χ0) is 13.0. The van der Waals surface area contributed by atoms with E-state index in [2.05, 4.69) is 27.2 Å². The molecule has 1 unspecified atom stereocenters. The van der Waals surface area contributed by atoms with E-state index in [1.165, 1.54) is 25.7 Å². The van der Waals surface area contributed by atoms with Gasteiger partial charge in [-0.2, -0.15) is 23.1 Å². The second kappa shape index (κ2) is 7.51. The summed E-state index contributed by atoms with van der Waals surface area (Å²) in [5, 5.41) is 0. The van der Waals surface area contributed by atoms with Crippen molar-refractivity contribution < 1.29 is 14.7 Å². The molecule has 96 valence electrons. The van der Waals surface area contributed by atoms with E-state index in [-0.39, 0.29) is 0 Å². The molecule has 0 aromatic heterocycles. The van der Waals surface area contributed by atoms with Crippen LogP contribution in [0.1, 0.15) is 46.5 Å². The van der Waals surface area contributed by atoms with Crippen molar-refractivity contribution in [2.24, 2.45) is 5.92 Å². The predicted molar refractivity (Wildman–Crippen MR) is 74.9 cm³/mol. The van der Waals surface area contributed by atoms with Gasteiger partial charge < -0.3 is 0 Å². The first-order chi connectivity index (χ1) is 7.99. The zero-order valence-electron chi connectivity index (χ0n) is 10.6. The van der Waals surface area contributed by atoms with Crippen LogP contribution in [0.3, 0.4) is 0 Å². The van der Waals surface area contributed by atoms with Crippen LogP contribution in [-0.4, -0.2) is 0 Å². The van der Waals surface area contributed by atoms with Crippen molar-refractivity contribution in [2.45, 2.75) is 46.5 Å². The van der Waals surface area contributed by atoms with Gasteiger partial charge >= 0.3 is 42.6 Å². The van der Waals surface area contributed by atoms with Crippen LogP contribution < -0.4 is 0 Å². The van der Waals surface area contributed by atoms with Gasteiger partial charge in [-0.1, -0.05) is 46.0 Å². The molecule has 2 rings (SSSR count). The van der Waals surface area contributed by atoms with Crippen molar-refractivity contribution in [1.82, 2.24) is 0 Å². The van der Waals surface area contributed by atoms with Gasteiger partial charge in [0.05, 0.1) is 0 Å². The van der Waals surface area contributed by atoms with Crippen LogP contribution in [0.25, 0.3) is 0 Å². The fourth-order valence-electron chi connectivity index (χ4n) is 2.93. The summed E-state index contributed by atoms with van der Waals surface area (Å²) in [6.45, 7) is 6.97. The summed E-state index contributed by atoms with van der Waals surface area (Å²) in [6, 6.07) is 0. The summed E-state index contributed by atoms with van der Waals surface area (Å²) in [5.74, 6) is 0.747. The van der Waals surface area contributed by atoms with Gasteiger partial charge in [-0.15, -0.1) is 5.57 Å². The number of hydrogen-bond donors (Lipinski definition) is 0. The SMILES string of the molecule is CCC1=C(C)C2=C(CCC[CH-]2)C1C.[Cl][Ti+]([Cl])[Cl]. The maximum atomic E-state index is 4.97. The Labute approximate surface area is 123 Å². The van der Waals surface area contributed by atoms with E-state index in [0.29, 0.717) is 0 Å². The van der Waals surface area contributed by atoms with E-state index < -0.39 is 14.7 Å². The Bertz CT molecular complexity index is 329. The molecular weight excluding hydrogens is 310 g/mol. The normalized spacial score (nSPS) is 22.8. The van der Waals surface area contributed by atoms with Crippen LogP contribution >= 0.6 is 27.9 Å². The van der Waals surface area contributed by atoms with Crippen LogP contribution in [-0.2, 0) is 14.7 Å². The summed E-state index contributed by atoms with van der Waals surface area (Å²) < 4.78 is 0. The van der Waals surface area contributed by atoms with Gasteiger partial charge in [-0.25, -0.2) is 0 Å². The predicted octanol–water partition coefficient (Wildman–Crippen LogP) is 6.11. The third-order valence-electron chi connectivity index (χ3n) is 3.66.